The van der Waals surface area contributed by atoms with Crippen LogP contribution in [0.25, 0.3) is 11.1 Å². The van der Waals surface area contributed by atoms with Crippen molar-refractivity contribution in [3.63, 3.8) is 0 Å². The van der Waals surface area contributed by atoms with Gasteiger partial charge in [0.25, 0.3) is 11.8 Å². The van der Waals surface area contributed by atoms with Gasteiger partial charge in [-0.15, -0.1) is 0 Å². The van der Waals surface area contributed by atoms with Gasteiger partial charge in [0.2, 0.25) is 0 Å². The van der Waals surface area contributed by atoms with Crippen molar-refractivity contribution in [3.05, 3.63) is 59.7 Å². The van der Waals surface area contributed by atoms with Gasteiger partial charge >= 0.3 is 0 Å². The van der Waals surface area contributed by atoms with E-state index in [4.69, 9.17) is 0 Å². The first-order valence-electron chi connectivity index (χ1n) is 9.55. The Morgan fingerprint density at radius 2 is 1.48 bits per heavy atom. The normalized spacial score (nSPS) is 11.1. The average Bonchev–Trinajstić information content (AvgIpc) is 2.60. The molecular formula is C23H30N2O2. The minimum Gasteiger partial charge on any atom is -0.350 e. The van der Waals surface area contributed by atoms with E-state index in [-0.39, 0.29) is 29.9 Å². The van der Waals surface area contributed by atoms with Gasteiger partial charge in [-0.25, -0.2) is 0 Å². The molecule has 0 saturated heterocycles. The van der Waals surface area contributed by atoms with Crippen molar-refractivity contribution >= 4 is 11.8 Å². The number of benzene rings is 2. The highest BCUT2D eigenvalue weighted by molar-refractivity contribution is 6.02. The lowest BCUT2D eigenvalue weighted by Gasteiger charge is -2.31. The number of nitrogens with zero attached hydrogens (tertiary/aromatic N) is 1. The predicted octanol–water partition coefficient (Wildman–Crippen LogP) is 4.75. The average molecular weight is 367 g/mol. The van der Waals surface area contributed by atoms with E-state index < -0.39 is 0 Å². The number of hydrogen-bond acceptors (Lipinski definition) is 2. The van der Waals surface area contributed by atoms with Crippen molar-refractivity contribution in [1.82, 2.24) is 10.2 Å². The van der Waals surface area contributed by atoms with Crippen LogP contribution in [0.1, 0.15) is 62.3 Å². The first-order valence-corrected chi connectivity index (χ1v) is 9.55. The Morgan fingerprint density at radius 3 is 2.07 bits per heavy atom. The van der Waals surface area contributed by atoms with Gasteiger partial charge in [0.05, 0.1) is 0 Å². The van der Waals surface area contributed by atoms with Crippen LogP contribution in [-0.4, -0.2) is 34.8 Å². The standard InChI is InChI=1S/C23H30N2O2/c1-15(2)24-22(26)19-11-9-10-18(14-19)20-12-7-8-13-21(20)23(27)25(16(3)4)17(5)6/h7-17H,1-6H3,(H,24,26). The van der Waals surface area contributed by atoms with E-state index in [1.165, 1.54) is 0 Å². The molecule has 0 radical (unpaired) electrons. The molecule has 2 amide bonds. The lowest BCUT2D eigenvalue weighted by Crippen LogP contribution is -2.42. The summed E-state index contributed by atoms with van der Waals surface area (Å²) in [7, 11) is 0. The van der Waals surface area contributed by atoms with Crippen molar-refractivity contribution in [3.8, 4) is 11.1 Å². The summed E-state index contributed by atoms with van der Waals surface area (Å²) >= 11 is 0. The summed E-state index contributed by atoms with van der Waals surface area (Å²) in [5, 5.41) is 2.91. The Morgan fingerprint density at radius 1 is 0.852 bits per heavy atom. The zero-order valence-corrected chi connectivity index (χ0v) is 17.1. The molecule has 2 rings (SSSR count). The molecule has 0 unspecified atom stereocenters. The smallest absolute Gasteiger partial charge is 0.254 e. The molecule has 0 atom stereocenters. The first-order chi connectivity index (χ1) is 12.7. The van der Waals surface area contributed by atoms with E-state index in [9.17, 15) is 9.59 Å². The van der Waals surface area contributed by atoms with Gasteiger partial charge in [-0.1, -0.05) is 30.3 Å². The number of hydrogen-bond donors (Lipinski definition) is 1. The first kappa shape index (κ1) is 20.7. The van der Waals surface area contributed by atoms with Crippen molar-refractivity contribution in [1.29, 1.82) is 0 Å². The highest BCUT2D eigenvalue weighted by Crippen LogP contribution is 2.27. The molecule has 4 heteroatoms. The summed E-state index contributed by atoms with van der Waals surface area (Å²) in [6, 6.07) is 15.3. The van der Waals surface area contributed by atoms with Crippen LogP contribution in [0.5, 0.6) is 0 Å². The van der Waals surface area contributed by atoms with Gasteiger partial charge in [0.15, 0.2) is 0 Å². The van der Waals surface area contributed by atoms with E-state index in [0.29, 0.717) is 11.1 Å². The number of carbonyl (C=O) groups excluding carboxylic acids is 2. The summed E-state index contributed by atoms with van der Waals surface area (Å²) in [5.41, 5.74) is 2.95. The Kier molecular flexibility index (Phi) is 6.78. The quantitative estimate of drug-likeness (QED) is 0.802. The molecule has 0 fully saturated rings. The fraction of sp³-hybridized carbons (Fsp3) is 0.391. The molecule has 0 spiro atoms. The third-order valence-electron chi connectivity index (χ3n) is 4.36. The van der Waals surface area contributed by atoms with Gasteiger partial charge in [-0.05, 0) is 70.9 Å². The van der Waals surface area contributed by atoms with E-state index >= 15 is 0 Å². The highest BCUT2D eigenvalue weighted by Gasteiger charge is 2.24. The molecule has 0 aliphatic heterocycles. The van der Waals surface area contributed by atoms with Crippen LogP contribution in [-0.2, 0) is 0 Å². The van der Waals surface area contributed by atoms with Crippen LogP contribution in [0.15, 0.2) is 48.5 Å². The van der Waals surface area contributed by atoms with Crippen LogP contribution in [0.4, 0.5) is 0 Å². The monoisotopic (exact) mass is 366 g/mol. The van der Waals surface area contributed by atoms with Crippen molar-refractivity contribution in [2.75, 3.05) is 0 Å². The number of carbonyl (C=O) groups is 2. The molecular weight excluding hydrogens is 336 g/mol. The maximum Gasteiger partial charge on any atom is 0.254 e. The van der Waals surface area contributed by atoms with Gasteiger partial charge in [-0.3, -0.25) is 9.59 Å². The Labute approximate surface area is 162 Å². The third-order valence-corrected chi connectivity index (χ3v) is 4.36. The highest BCUT2D eigenvalue weighted by atomic mass is 16.2. The Hall–Kier alpha value is -2.62. The molecule has 2 aromatic rings. The number of rotatable bonds is 6. The number of nitrogens with one attached hydrogen (secondary N) is 1. The molecule has 0 aliphatic carbocycles. The molecule has 27 heavy (non-hydrogen) atoms. The minimum atomic E-state index is -0.110. The lowest BCUT2D eigenvalue weighted by molar-refractivity contribution is 0.0644. The largest absolute Gasteiger partial charge is 0.350 e. The fourth-order valence-electron chi connectivity index (χ4n) is 3.30. The van der Waals surface area contributed by atoms with Crippen molar-refractivity contribution in [2.45, 2.75) is 59.7 Å². The van der Waals surface area contributed by atoms with Crippen LogP contribution >= 0.6 is 0 Å². The summed E-state index contributed by atoms with van der Waals surface area (Å²) in [6.07, 6.45) is 0. The van der Waals surface area contributed by atoms with Crippen molar-refractivity contribution < 1.29 is 9.59 Å². The van der Waals surface area contributed by atoms with E-state index in [2.05, 4.69) is 5.32 Å². The second-order valence-electron chi connectivity index (χ2n) is 7.65. The van der Waals surface area contributed by atoms with Gasteiger partial charge in [0.1, 0.15) is 0 Å². The van der Waals surface area contributed by atoms with Gasteiger partial charge in [0, 0.05) is 29.3 Å². The van der Waals surface area contributed by atoms with Crippen molar-refractivity contribution in [2.24, 2.45) is 0 Å². The summed E-state index contributed by atoms with van der Waals surface area (Å²) in [4.78, 5) is 27.5. The van der Waals surface area contributed by atoms with Crippen LogP contribution < -0.4 is 5.32 Å². The zero-order valence-electron chi connectivity index (χ0n) is 17.1. The summed E-state index contributed by atoms with van der Waals surface area (Å²) in [6.45, 7) is 12.0. The number of amides is 2. The van der Waals surface area contributed by atoms with E-state index in [1.54, 1.807) is 6.07 Å². The molecule has 4 nitrogen and oxygen atoms in total. The van der Waals surface area contributed by atoms with E-state index in [1.807, 2.05) is 88.9 Å². The topological polar surface area (TPSA) is 49.4 Å². The summed E-state index contributed by atoms with van der Waals surface area (Å²) < 4.78 is 0. The Balaban J connectivity index is 2.47. The second-order valence-corrected chi connectivity index (χ2v) is 7.65. The minimum absolute atomic E-state index is 0.00707. The molecule has 144 valence electrons. The van der Waals surface area contributed by atoms with Gasteiger partial charge in [-0.2, -0.15) is 0 Å². The molecule has 0 bridgehead atoms. The van der Waals surface area contributed by atoms with Gasteiger partial charge < -0.3 is 10.2 Å². The maximum absolute atomic E-state index is 13.2. The maximum atomic E-state index is 13.2. The third kappa shape index (κ3) is 4.97. The van der Waals surface area contributed by atoms with Crippen LogP contribution in [0, 0.1) is 0 Å². The SMILES string of the molecule is CC(C)NC(=O)c1cccc(-c2ccccc2C(=O)N(C(C)C)C(C)C)c1. The van der Waals surface area contributed by atoms with Crippen LogP contribution in [0.3, 0.4) is 0 Å². The van der Waals surface area contributed by atoms with E-state index in [0.717, 1.165) is 11.1 Å². The molecule has 0 saturated carbocycles. The second kappa shape index (κ2) is 8.85. The fourth-order valence-corrected chi connectivity index (χ4v) is 3.30. The zero-order chi connectivity index (χ0) is 20.1. The molecule has 2 aromatic carbocycles. The summed E-state index contributed by atoms with van der Waals surface area (Å²) in [5.74, 6) is -0.103. The molecule has 0 heterocycles. The molecule has 0 aromatic heterocycles. The molecule has 0 aliphatic rings. The predicted molar refractivity (Wildman–Crippen MR) is 111 cm³/mol. The van der Waals surface area contributed by atoms with Crippen LogP contribution in [0.2, 0.25) is 0 Å². The lowest BCUT2D eigenvalue weighted by atomic mass is 9.96. The Bertz CT molecular complexity index is 802. The molecule has 1 N–H and O–H groups in total.